The van der Waals surface area contributed by atoms with Crippen LogP contribution in [0.2, 0.25) is 0 Å². The highest BCUT2D eigenvalue weighted by atomic mass is 35.5. The van der Waals surface area contributed by atoms with Gasteiger partial charge in [-0.2, -0.15) is 0 Å². The average molecular weight is 283 g/mol. The Balaban J connectivity index is 0.00000133. The van der Waals surface area contributed by atoms with Gasteiger partial charge in [-0.3, -0.25) is 4.79 Å². The number of nitrogens with zero attached hydrogens (tertiary/aromatic N) is 1. The molecule has 0 aromatic heterocycles. The number of anilines is 1. The number of amides is 2. The normalized spacial score (nSPS) is 21.2. The molecule has 1 aromatic carbocycles. The molecule has 1 spiro atoms. The molecule has 2 heterocycles. The van der Waals surface area contributed by atoms with Crippen molar-refractivity contribution in [2.45, 2.75) is 18.4 Å². The van der Waals surface area contributed by atoms with Crippen LogP contribution in [0, 0.1) is 0 Å². The fraction of sp³-hybridized carbons (Fsp3) is 0.385. The summed E-state index contributed by atoms with van der Waals surface area (Å²) < 4.78 is 5.37. The molecule has 0 bridgehead atoms. The zero-order valence-corrected chi connectivity index (χ0v) is 11.1. The van der Waals surface area contributed by atoms with Crippen molar-refractivity contribution >= 4 is 30.1 Å². The molecule has 3 rings (SSSR count). The Morgan fingerprint density at radius 3 is 2.37 bits per heavy atom. The van der Waals surface area contributed by atoms with Crippen LogP contribution in [0.4, 0.5) is 10.5 Å². The molecular weight excluding hydrogens is 268 g/mol. The van der Waals surface area contributed by atoms with Crippen LogP contribution >= 0.6 is 12.4 Å². The van der Waals surface area contributed by atoms with Gasteiger partial charge in [-0.1, -0.05) is 18.2 Å². The van der Waals surface area contributed by atoms with Crippen molar-refractivity contribution in [3.63, 3.8) is 0 Å². The molecule has 19 heavy (non-hydrogen) atoms. The molecule has 2 aliphatic heterocycles. The number of hydrogen-bond donors (Lipinski definition) is 1. The molecular formula is C13H15ClN2O3. The summed E-state index contributed by atoms with van der Waals surface area (Å²) in [6.07, 6.45) is 0.523. The van der Waals surface area contributed by atoms with Gasteiger partial charge < -0.3 is 10.1 Å². The Bertz CT molecular complexity index is 486. The van der Waals surface area contributed by atoms with Crippen LogP contribution in [0.25, 0.3) is 0 Å². The Labute approximate surface area is 117 Å². The third kappa shape index (κ3) is 2.19. The van der Waals surface area contributed by atoms with Crippen molar-refractivity contribution in [1.29, 1.82) is 0 Å². The van der Waals surface area contributed by atoms with Crippen molar-refractivity contribution in [3.8, 4) is 0 Å². The first-order chi connectivity index (χ1) is 8.73. The highest BCUT2D eigenvalue weighted by molar-refractivity contribution is 6.20. The Hall–Kier alpha value is -1.59. The second kappa shape index (κ2) is 5.19. The molecule has 2 amide bonds. The topological polar surface area (TPSA) is 58.6 Å². The number of imide groups is 1. The number of para-hydroxylation sites is 1. The lowest BCUT2D eigenvalue weighted by Crippen LogP contribution is -2.48. The van der Waals surface area contributed by atoms with Gasteiger partial charge in [-0.05, 0) is 25.2 Å². The summed E-state index contributed by atoms with van der Waals surface area (Å²) in [6.45, 7) is 1.39. The maximum absolute atomic E-state index is 12.4. The number of ether oxygens (including phenoxy) is 1. The minimum Gasteiger partial charge on any atom is -0.432 e. The summed E-state index contributed by atoms with van der Waals surface area (Å²) in [6, 6.07) is 8.90. The summed E-state index contributed by atoms with van der Waals surface area (Å²) in [5, 5.41) is 3.16. The third-order valence-corrected chi connectivity index (χ3v) is 3.48. The van der Waals surface area contributed by atoms with Gasteiger partial charge >= 0.3 is 6.09 Å². The molecule has 5 nitrogen and oxygen atoms in total. The van der Waals surface area contributed by atoms with Crippen LogP contribution < -0.4 is 10.2 Å². The summed E-state index contributed by atoms with van der Waals surface area (Å²) in [5.74, 6) is -0.236. The van der Waals surface area contributed by atoms with Crippen molar-refractivity contribution in [2.24, 2.45) is 0 Å². The standard InChI is InChI=1S/C13H14N2O3.ClH/c16-11-13(6-8-14-9-7-13)18-12(17)15(11)10-4-2-1-3-5-10;/h1-5,14H,6-9H2;1H. The molecule has 0 atom stereocenters. The lowest BCUT2D eigenvalue weighted by molar-refractivity contribution is -0.131. The minimum absolute atomic E-state index is 0. The number of nitrogens with one attached hydrogen (secondary N) is 1. The molecule has 1 N–H and O–H groups in total. The van der Waals surface area contributed by atoms with E-state index in [1.165, 1.54) is 0 Å². The van der Waals surface area contributed by atoms with Crippen molar-refractivity contribution in [3.05, 3.63) is 30.3 Å². The zero-order valence-electron chi connectivity index (χ0n) is 10.3. The molecule has 2 aliphatic rings. The Morgan fingerprint density at radius 2 is 1.74 bits per heavy atom. The maximum atomic E-state index is 12.4. The lowest BCUT2D eigenvalue weighted by Gasteiger charge is -2.29. The summed E-state index contributed by atoms with van der Waals surface area (Å²) in [4.78, 5) is 25.5. The predicted octanol–water partition coefficient (Wildman–Crippen LogP) is 1.71. The summed E-state index contributed by atoms with van der Waals surface area (Å²) in [7, 11) is 0. The number of carbonyl (C=O) groups excluding carboxylic acids is 2. The van der Waals surface area contributed by atoms with Gasteiger partial charge in [-0.15, -0.1) is 12.4 Å². The van der Waals surface area contributed by atoms with Crippen LogP contribution in [0.15, 0.2) is 30.3 Å². The minimum atomic E-state index is -0.946. The number of piperidine rings is 1. The Morgan fingerprint density at radius 1 is 1.11 bits per heavy atom. The maximum Gasteiger partial charge on any atom is 0.422 e. The number of halogens is 1. The molecule has 0 unspecified atom stereocenters. The molecule has 2 saturated heterocycles. The van der Waals surface area contributed by atoms with Gasteiger partial charge in [0.1, 0.15) is 0 Å². The second-order valence-corrected chi connectivity index (χ2v) is 4.59. The van der Waals surface area contributed by atoms with E-state index in [4.69, 9.17) is 4.74 Å². The Kier molecular flexibility index (Phi) is 3.78. The molecule has 2 fully saturated rings. The molecule has 1 aromatic rings. The highest BCUT2D eigenvalue weighted by Crippen LogP contribution is 2.35. The van der Waals surface area contributed by atoms with Crippen molar-refractivity contribution < 1.29 is 14.3 Å². The van der Waals surface area contributed by atoms with E-state index in [1.54, 1.807) is 24.3 Å². The van der Waals surface area contributed by atoms with Crippen molar-refractivity contribution in [1.82, 2.24) is 5.32 Å². The van der Waals surface area contributed by atoms with Gasteiger partial charge in [0.05, 0.1) is 5.69 Å². The number of carbonyl (C=O) groups is 2. The molecule has 0 saturated carbocycles. The van der Waals surface area contributed by atoms with Crippen LogP contribution in [-0.4, -0.2) is 30.7 Å². The number of rotatable bonds is 1. The van der Waals surface area contributed by atoms with E-state index in [0.29, 0.717) is 31.6 Å². The first-order valence-corrected chi connectivity index (χ1v) is 6.06. The largest absolute Gasteiger partial charge is 0.432 e. The van der Waals surface area contributed by atoms with Gasteiger partial charge in [0.25, 0.3) is 5.91 Å². The van der Waals surface area contributed by atoms with Gasteiger partial charge in [0.15, 0.2) is 5.60 Å². The van der Waals surface area contributed by atoms with Crippen LogP contribution in [0.3, 0.4) is 0 Å². The lowest BCUT2D eigenvalue weighted by atomic mass is 9.91. The van der Waals surface area contributed by atoms with E-state index >= 15 is 0 Å². The third-order valence-electron chi connectivity index (χ3n) is 3.48. The summed E-state index contributed by atoms with van der Waals surface area (Å²) in [5.41, 5.74) is -0.374. The summed E-state index contributed by atoms with van der Waals surface area (Å²) >= 11 is 0. The van der Waals surface area contributed by atoms with E-state index in [0.717, 1.165) is 4.90 Å². The van der Waals surface area contributed by atoms with E-state index in [-0.39, 0.29) is 18.3 Å². The quantitative estimate of drug-likeness (QED) is 0.852. The molecule has 0 radical (unpaired) electrons. The fourth-order valence-corrected chi connectivity index (χ4v) is 2.49. The van der Waals surface area contributed by atoms with Crippen LogP contribution in [0.5, 0.6) is 0 Å². The second-order valence-electron chi connectivity index (χ2n) is 4.59. The zero-order chi connectivity index (χ0) is 12.6. The van der Waals surface area contributed by atoms with Gasteiger partial charge in [0.2, 0.25) is 0 Å². The van der Waals surface area contributed by atoms with Crippen LogP contribution in [-0.2, 0) is 9.53 Å². The molecule has 0 aliphatic carbocycles. The van der Waals surface area contributed by atoms with E-state index in [9.17, 15) is 9.59 Å². The first-order valence-electron chi connectivity index (χ1n) is 6.06. The first kappa shape index (κ1) is 13.8. The highest BCUT2D eigenvalue weighted by Gasteiger charge is 2.54. The smallest absolute Gasteiger partial charge is 0.422 e. The average Bonchev–Trinajstić information content (AvgIpc) is 2.63. The van der Waals surface area contributed by atoms with E-state index in [1.807, 2.05) is 6.07 Å². The molecule has 6 heteroatoms. The SMILES string of the molecule is Cl.O=C1OC2(CCNCC2)C(=O)N1c1ccccc1. The monoisotopic (exact) mass is 282 g/mol. The predicted molar refractivity (Wildman–Crippen MR) is 72.5 cm³/mol. The van der Waals surface area contributed by atoms with Gasteiger partial charge in [0, 0.05) is 12.8 Å². The number of benzene rings is 1. The van der Waals surface area contributed by atoms with E-state index < -0.39 is 11.7 Å². The van der Waals surface area contributed by atoms with E-state index in [2.05, 4.69) is 5.32 Å². The fourth-order valence-electron chi connectivity index (χ4n) is 2.49. The van der Waals surface area contributed by atoms with Crippen molar-refractivity contribution in [2.75, 3.05) is 18.0 Å². The van der Waals surface area contributed by atoms with Gasteiger partial charge in [-0.25, -0.2) is 9.69 Å². The number of hydrogen-bond acceptors (Lipinski definition) is 4. The molecule has 102 valence electrons. The van der Waals surface area contributed by atoms with Crippen LogP contribution in [0.1, 0.15) is 12.8 Å².